The van der Waals surface area contributed by atoms with E-state index in [1.54, 1.807) is 0 Å². The van der Waals surface area contributed by atoms with Gasteiger partial charge in [0.15, 0.2) is 0 Å². The molecule has 2 amide bonds. The van der Waals surface area contributed by atoms with Crippen LogP contribution in [0.15, 0.2) is 18.2 Å². The van der Waals surface area contributed by atoms with Gasteiger partial charge in [-0.3, -0.25) is 4.79 Å². The Hall–Kier alpha value is -1.82. The zero-order chi connectivity index (χ0) is 14.7. The van der Waals surface area contributed by atoms with Gasteiger partial charge in [0.2, 0.25) is 0 Å². The first-order valence-electron chi connectivity index (χ1n) is 6.20. The molecule has 0 spiro atoms. The predicted octanol–water partition coefficient (Wildman–Crippen LogP) is 2.85. The minimum absolute atomic E-state index is 0.180. The third kappa shape index (κ3) is 3.84. The fourth-order valence-corrected chi connectivity index (χ4v) is 2.54. The number of hydrogen-bond donors (Lipinski definition) is 3. The van der Waals surface area contributed by atoms with Crippen LogP contribution >= 0.6 is 11.6 Å². The van der Waals surface area contributed by atoms with Gasteiger partial charge in [-0.1, -0.05) is 11.6 Å². The van der Waals surface area contributed by atoms with E-state index in [9.17, 15) is 14.0 Å². The summed E-state index contributed by atoms with van der Waals surface area (Å²) in [4.78, 5) is 22.5. The van der Waals surface area contributed by atoms with E-state index in [0.717, 1.165) is 12.1 Å². The maximum absolute atomic E-state index is 13.1. The second-order valence-electron chi connectivity index (χ2n) is 4.80. The van der Waals surface area contributed by atoms with Crippen LogP contribution in [0.1, 0.15) is 19.3 Å². The molecule has 0 saturated heterocycles. The minimum Gasteiger partial charge on any atom is -0.481 e. The molecule has 1 aliphatic carbocycles. The van der Waals surface area contributed by atoms with E-state index in [0.29, 0.717) is 19.3 Å². The smallest absolute Gasteiger partial charge is 0.319 e. The molecule has 0 radical (unpaired) electrons. The predicted molar refractivity (Wildman–Crippen MR) is 72.3 cm³/mol. The van der Waals surface area contributed by atoms with Gasteiger partial charge in [0, 0.05) is 16.8 Å². The van der Waals surface area contributed by atoms with Crippen molar-refractivity contribution < 1.29 is 19.1 Å². The van der Waals surface area contributed by atoms with Gasteiger partial charge in [-0.15, -0.1) is 0 Å². The van der Waals surface area contributed by atoms with Crippen LogP contribution in [-0.2, 0) is 4.79 Å². The van der Waals surface area contributed by atoms with E-state index in [2.05, 4.69) is 10.6 Å². The molecule has 7 heteroatoms. The highest BCUT2D eigenvalue weighted by Crippen LogP contribution is 2.25. The summed E-state index contributed by atoms with van der Waals surface area (Å²) in [6.07, 6.45) is 1.58. The van der Waals surface area contributed by atoms with Crippen LogP contribution in [0, 0.1) is 11.7 Å². The Balaban J connectivity index is 1.88. The average molecular weight is 301 g/mol. The maximum Gasteiger partial charge on any atom is 0.319 e. The molecule has 1 saturated carbocycles. The van der Waals surface area contributed by atoms with Crippen LogP contribution in [0.3, 0.4) is 0 Å². The first-order valence-corrected chi connectivity index (χ1v) is 6.58. The van der Waals surface area contributed by atoms with E-state index < -0.39 is 23.7 Å². The zero-order valence-corrected chi connectivity index (χ0v) is 11.3. The van der Waals surface area contributed by atoms with Gasteiger partial charge in [0.25, 0.3) is 0 Å². The molecule has 20 heavy (non-hydrogen) atoms. The number of hydrogen-bond acceptors (Lipinski definition) is 2. The van der Waals surface area contributed by atoms with E-state index >= 15 is 0 Å². The number of halogens is 2. The number of carboxylic acids is 1. The number of anilines is 1. The third-order valence-corrected chi connectivity index (χ3v) is 3.46. The summed E-state index contributed by atoms with van der Waals surface area (Å²) < 4.78 is 13.1. The monoisotopic (exact) mass is 300 g/mol. The number of nitrogens with one attached hydrogen (secondary N) is 2. The highest BCUT2D eigenvalue weighted by atomic mass is 35.5. The lowest BCUT2D eigenvalue weighted by molar-refractivity contribution is -0.141. The van der Waals surface area contributed by atoms with Crippen molar-refractivity contribution in [1.82, 2.24) is 5.32 Å². The lowest BCUT2D eigenvalue weighted by Crippen LogP contribution is -2.36. The maximum atomic E-state index is 13.1. The highest BCUT2D eigenvalue weighted by Gasteiger charge is 2.30. The standard InChI is InChI=1S/C13H14ClFN2O3/c14-8-4-9(15)6-11(5-8)17-13(20)16-10-2-1-7(3-10)12(18)19/h4-7,10H,1-3H2,(H,18,19)(H2,16,17,20). The second kappa shape index (κ2) is 6.09. The van der Waals surface area contributed by atoms with Crippen molar-refractivity contribution in [2.75, 3.05) is 5.32 Å². The highest BCUT2D eigenvalue weighted by molar-refractivity contribution is 6.30. The summed E-state index contributed by atoms with van der Waals surface area (Å²) in [6, 6.07) is 3.04. The molecule has 0 aromatic heterocycles. The molecule has 0 heterocycles. The first kappa shape index (κ1) is 14.6. The van der Waals surface area contributed by atoms with Crippen molar-refractivity contribution in [3.05, 3.63) is 29.0 Å². The van der Waals surface area contributed by atoms with Gasteiger partial charge in [-0.05, 0) is 37.5 Å². The van der Waals surface area contributed by atoms with Gasteiger partial charge in [-0.2, -0.15) is 0 Å². The number of carboxylic acid groups (broad SMARTS) is 1. The summed E-state index contributed by atoms with van der Waals surface area (Å²) in [5.74, 6) is -1.80. The van der Waals surface area contributed by atoms with Crippen LogP contribution in [-0.4, -0.2) is 23.1 Å². The largest absolute Gasteiger partial charge is 0.481 e. The molecule has 5 nitrogen and oxygen atoms in total. The number of carbonyl (C=O) groups is 2. The number of aliphatic carboxylic acids is 1. The van der Waals surface area contributed by atoms with Crippen molar-refractivity contribution in [3.63, 3.8) is 0 Å². The lowest BCUT2D eigenvalue weighted by atomic mass is 10.1. The molecule has 1 fully saturated rings. The van der Waals surface area contributed by atoms with Crippen LogP contribution < -0.4 is 10.6 Å². The molecule has 2 unspecified atom stereocenters. The lowest BCUT2D eigenvalue weighted by Gasteiger charge is -2.13. The normalized spacial score (nSPS) is 21.5. The Morgan fingerprint density at radius 2 is 2.05 bits per heavy atom. The van der Waals surface area contributed by atoms with E-state index in [4.69, 9.17) is 16.7 Å². The molecular formula is C13H14ClFN2O3. The topological polar surface area (TPSA) is 78.4 Å². The van der Waals surface area contributed by atoms with Crippen LogP contribution in [0.5, 0.6) is 0 Å². The van der Waals surface area contributed by atoms with Gasteiger partial charge in [-0.25, -0.2) is 9.18 Å². The van der Waals surface area contributed by atoms with E-state index in [1.807, 2.05) is 0 Å². The van der Waals surface area contributed by atoms with Crippen LogP contribution in [0.2, 0.25) is 5.02 Å². The molecule has 2 rings (SSSR count). The fraction of sp³-hybridized carbons (Fsp3) is 0.385. The second-order valence-corrected chi connectivity index (χ2v) is 5.24. The fourth-order valence-electron chi connectivity index (χ4n) is 2.32. The number of benzene rings is 1. The van der Waals surface area contributed by atoms with Crippen molar-refractivity contribution in [1.29, 1.82) is 0 Å². The Labute approximate surface area is 120 Å². The molecular weight excluding hydrogens is 287 g/mol. The zero-order valence-electron chi connectivity index (χ0n) is 10.5. The van der Waals surface area contributed by atoms with Crippen molar-refractivity contribution in [2.45, 2.75) is 25.3 Å². The van der Waals surface area contributed by atoms with Crippen LogP contribution in [0.4, 0.5) is 14.9 Å². The molecule has 3 N–H and O–H groups in total. The van der Waals surface area contributed by atoms with Crippen LogP contribution in [0.25, 0.3) is 0 Å². The molecule has 0 aliphatic heterocycles. The Morgan fingerprint density at radius 1 is 1.30 bits per heavy atom. The van der Waals surface area contributed by atoms with Crippen molar-refractivity contribution in [2.24, 2.45) is 5.92 Å². The van der Waals surface area contributed by atoms with E-state index in [-0.39, 0.29) is 16.8 Å². The molecule has 0 bridgehead atoms. The number of urea groups is 1. The number of carbonyl (C=O) groups excluding carboxylic acids is 1. The Kier molecular flexibility index (Phi) is 4.44. The number of rotatable bonds is 3. The quantitative estimate of drug-likeness (QED) is 0.803. The summed E-state index contributed by atoms with van der Waals surface area (Å²) in [7, 11) is 0. The minimum atomic E-state index is -0.841. The molecule has 1 aromatic rings. The van der Waals surface area contributed by atoms with Crippen molar-refractivity contribution >= 4 is 29.3 Å². The number of amides is 2. The molecule has 1 aliphatic rings. The SMILES string of the molecule is O=C(Nc1cc(F)cc(Cl)c1)NC1CCC(C(=O)O)C1. The van der Waals surface area contributed by atoms with Gasteiger partial charge >= 0.3 is 12.0 Å². The third-order valence-electron chi connectivity index (χ3n) is 3.24. The summed E-state index contributed by atoms with van der Waals surface area (Å²) >= 11 is 5.68. The molecule has 2 atom stereocenters. The molecule has 1 aromatic carbocycles. The average Bonchev–Trinajstić information content (AvgIpc) is 2.75. The summed E-state index contributed by atoms with van der Waals surface area (Å²) in [5.41, 5.74) is 0.250. The van der Waals surface area contributed by atoms with Gasteiger partial charge < -0.3 is 15.7 Å². The van der Waals surface area contributed by atoms with Gasteiger partial charge in [0.1, 0.15) is 5.82 Å². The molecule has 108 valence electrons. The first-order chi connectivity index (χ1) is 9.44. The van der Waals surface area contributed by atoms with Crippen molar-refractivity contribution in [3.8, 4) is 0 Å². The summed E-state index contributed by atoms with van der Waals surface area (Å²) in [5, 5.41) is 14.2. The Bertz CT molecular complexity index is 518. The van der Waals surface area contributed by atoms with Gasteiger partial charge in [0.05, 0.1) is 5.92 Å². The Morgan fingerprint density at radius 3 is 2.65 bits per heavy atom. The summed E-state index contributed by atoms with van der Waals surface area (Å²) in [6.45, 7) is 0. The van der Waals surface area contributed by atoms with E-state index in [1.165, 1.54) is 6.07 Å².